The SMILES string of the molecule is CCCCCc1ccc(OC(=O)C2CCC(CCC3CCC(CCC)CC3)CC2)cn1. The summed E-state index contributed by atoms with van der Waals surface area (Å²) in [5, 5.41) is 0. The Morgan fingerprint density at radius 3 is 2.00 bits per heavy atom. The van der Waals surface area contributed by atoms with Gasteiger partial charge in [0.25, 0.3) is 0 Å². The van der Waals surface area contributed by atoms with Gasteiger partial charge in [0.2, 0.25) is 0 Å². The summed E-state index contributed by atoms with van der Waals surface area (Å²) < 4.78 is 5.65. The van der Waals surface area contributed by atoms with Crippen LogP contribution < -0.4 is 4.74 Å². The van der Waals surface area contributed by atoms with Crippen molar-refractivity contribution in [2.75, 3.05) is 0 Å². The van der Waals surface area contributed by atoms with Crippen LogP contribution in [-0.2, 0) is 11.2 Å². The molecule has 1 aromatic heterocycles. The minimum Gasteiger partial charge on any atom is -0.425 e. The van der Waals surface area contributed by atoms with Crippen molar-refractivity contribution >= 4 is 5.97 Å². The quantitative estimate of drug-likeness (QED) is 0.266. The number of hydrogen-bond donors (Lipinski definition) is 0. The molecular formula is C28H45NO2. The number of carbonyl (C=O) groups excluding carboxylic acids is 1. The molecule has 3 nitrogen and oxygen atoms in total. The van der Waals surface area contributed by atoms with E-state index >= 15 is 0 Å². The molecule has 2 fully saturated rings. The van der Waals surface area contributed by atoms with Crippen molar-refractivity contribution in [2.45, 2.75) is 117 Å². The Hall–Kier alpha value is -1.38. The molecule has 1 aromatic rings. The third kappa shape index (κ3) is 8.24. The van der Waals surface area contributed by atoms with Gasteiger partial charge in [-0.2, -0.15) is 0 Å². The summed E-state index contributed by atoms with van der Waals surface area (Å²) in [5.41, 5.74) is 1.09. The molecule has 0 unspecified atom stereocenters. The van der Waals surface area contributed by atoms with Crippen LogP contribution in [0.2, 0.25) is 0 Å². The van der Waals surface area contributed by atoms with E-state index in [0.29, 0.717) is 5.75 Å². The molecule has 2 aliphatic carbocycles. The fourth-order valence-electron chi connectivity index (χ4n) is 5.75. The highest BCUT2D eigenvalue weighted by molar-refractivity contribution is 5.75. The Balaban J connectivity index is 1.31. The molecule has 0 N–H and O–H groups in total. The van der Waals surface area contributed by atoms with E-state index in [0.717, 1.165) is 42.7 Å². The molecule has 0 aliphatic heterocycles. The lowest BCUT2D eigenvalue weighted by molar-refractivity contribution is -0.140. The highest BCUT2D eigenvalue weighted by Gasteiger charge is 2.29. The molecule has 0 saturated heterocycles. The number of hydrogen-bond acceptors (Lipinski definition) is 3. The van der Waals surface area contributed by atoms with E-state index in [1.54, 1.807) is 6.20 Å². The summed E-state index contributed by atoms with van der Waals surface area (Å²) in [6.07, 6.45) is 22.1. The van der Waals surface area contributed by atoms with Crippen LogP contribution in [-0.4, -0.2) is 11.0 Å². The second-order valence-electron chi connectivity index (χ2n) is 10.3. The predicted molar refractivity (Wildman–Crippen MR) is 128 cm³/mol. The van der Waals surface area contributed by atoms with Crippen LogP contribution >= 0.6 is 0 Å². The van der Waals surface area contributed by atoms with Gasteiger partial charge in [-0.25, -0.2) is 0 Å². The van der Waals surface area contributed by atoms with Crippen LogP contribution in [0.4, 0.5) is 0 Å². The first-order chi connectivity index (χ1) is 15.2. The fraction of sp³-hybridized carbons (Fsp3) is 0.786. The molecule has 174 valence electrons. The van der Waals surface area contributed by atoms with Crippen LogP contribution in [0, 0.1) is 23.7 Å². The zero-order valence-corrected chi connectivity index (χ0v) is 20.1. The molecule has 3 heteroatoms. The van der Waals surface area contributed by atoms with E-state index in [1.165, 1.54) is 83.5 Å². The van der Waals surface area contributed by atoms with E-state index in [4.69, 9.17) is 4.74 Å². The number of carbonyl (C=O) groups is 1. The van der Waals surface area contributed by atoms with Crippen LogP contribution in [0.3, 0.4) is 0 Å². The Morgan fingerprint density at radius 2 is 1.45 bits per heavy atom. The van der Waals surface area contributed by atoms with Crippen molar-refractivity contribution < 1.29 is 9.53 Å². The zero-order chi connectivity index (χ0) is 21.9. The highest BCUT2D eigenvalue weighted by Crippen LogP contribution is 2.37. The Labute approximate surface area is 190 Å². The van der Waals surface area contributed by atoms with E-state index in [2.05, 4.69) is 18.8 Å². The standard InChI is InChI=1S/C28H45NO2/c1-3-5-6-8-26-19-20-27(21-29-26)31-28(30)25-17-15-24(16-18-25)14-13-23-11-9-22(7-4-2)10-12-23/h19-25H,3-18H2,1-2H3. The molecule has 0 atom stereocenters. The molecule has 3 rings (SSSR count). The Morgan fingerprint density at radius 1 is 0.839 bits per heavy atom. The van der Waals surface area contributed by atoms with Crippen molar-refractivity contribution in [2.24, 2.45) is 23.7 Å². The molecule has 0 bridgehead atoms. The molecule has 0 radical (unpaired) electrons. The van der Waals surface area contributed by atoms with Gasteiger partial charge in [-0.05, 0) is 68.4 Å². The maximum atomic E-state index is 12.6. The van der Waals surface area contributed by atoms with E-state index in [9.17, 15) is 4.79 Å². The first kappa shape index (κ1) is 24.3. The molecule has 2 saturated carbocycles. The fourth-order valence-corrected chi connectivity index (χ4v) is 5.75. The van der Waals surface area contributed by atoms with Crippen LogP contribution in [0.1, 0.15) is 116 Å². The number of rotatable bonds is 11. The zero-order valence-electron chi connectivity index (χ0n) is 20.1. The normalized spacial score (nSPS) is 26.5. The summed E-state index contributed by atoms with van der Waals surface area (Å²) in [6.45, 7) is 4.53. The van der Waals surface area contributed by atoms with Crippen molar-refractivity contribution in [1.29, 1.82) is 0 Å². The van der Waals surface area contributed by atoms with Crippen molar-refractivity contribution in [3.8, 4) is 5.75 Å². The lowest BCUT2D eigenvalue weighted by Crippen LogP contribution is -2.26. The smallest absolute Gasteiger partial charge is 0.314 e. The number of aryl methyl sites for hydroxylation is 1. The van der Waals surface area contributed by atoms with Crippen LogP contribution in [0.25, 0.3) is 0 Å². The largest absolute Gasteiger partial charge is 0.425 e. The maximum absolute atomic E-state index is 12.6. The maximum Gasteiger partial charge on any atom is 0.314 e. The van der Waals surface area contributed by atoms with Gasteiger partial charge >= 0.3 is 5.97 Å². The predicted octanol–water partition coefficient (Wildman–Crippen LogP) is 7.91. The molecule has 0 aromatic carbocycles. The second kappa shape index (κ2) is 13.2. The number of pyridine rings is 1. The molecule has 0 spiro atoms. The van der Waals surface area contributed by atoms with Crippen molar-refractivity contribution in [1.82, 2.24) is 4.98 Å². The number of unbranched alkanes of at least 4 members (excludes halogenated alkanes) is 2. The minimum absolute atomic E-state index is 0.0479. The summed E-state index contributed by atoms with van der Waals surface area (Å²) in [6, 6.07) is 3.91. The minimum atomic E-state index is -0.0479. The first-order valence-corrected chi connectivity index (χ1v) is 13.3. The number of nitrogens with zero attached hydrogens (tertiary/aromatic N) is 1. The molecule has 31 heavy (non-hydrogen) atoms. The highest BCUT2D eigenvalue weighted by atomic mass is 16.5. The molecule has 0 amide bonds. The molecule has 2 aliphatic rings. The van der Waals surface area contributed by atoms with E-state index in [1.807, 2.05) is 12.1 Å². The molecular weight excluding hydrogens is 382 g/mol. The number of esters is 1. The summed E-state index contributed by atoms with van der Waals surface area (Å²) >= 11 is 0. The first-order valence-electron chi connectivity index (χ1n) is 13.3. The third-order valence-corrected chi connectivity index (χ3v) is 7.88. The second-order valence-corrected chi connectivity index (χ2v) is 10.3. The third-order valence-electron chi connectivity index (χ3n) is 7.88. The van der Waals surface area contributed by atoms with Gasteiger partial charge in [0.1, 0.15) is 5.75 Å². The van der Waals surface area contributed by atoms with Crippen LogP contribution in [0.5, 0.6) is 5.75 Å². The van der Waals surface area contributed by atoms with Gasteiger partial charge in [0.05, 0.1) is 12.1 Å². The van der Waals surface area contributed by atoms with Gasteiger partial charge in [-0.3, -0.25) is 9.78 Å². The van der Waals surface area contributed by atoms with E-state index < -0.39 is 0 Å². The average molecular weight is 428 g/mol. The summed E-state index contributed by atoms with van der Waals surface area (Å²) in [4.78, 5) is 17.1. The van der Waals surface area contributed by atoms with Gasteiger partial charge in [-0.15, -0.1) is 0 Å². The lowest BCUT2D eigenvalue weighted by atomic mass is 9.75. The van der Waals surface area contributed by atoms with Gasteiger partial charge in [0.15, 0.2) is 0 Å². The lowest BCUT2D eigenvalue weighted by Gasteiger charge is -2.31. The monoisotopic (exact) mass is 427 g/mol. The topological polar surface area (TPSA) is 39.2 Å². The molecule has 1 heterocycles. The van der Waals surface area contributed by atoms with Gasteiger partial charge < -0.3 is 4.74 Å². The summed E-state index contributed by atoms with van der Waals surface area (Å²) in [5.74, 6) is 3.42. The number of ether oxygens (including phenoxy) is 1. The van der Waals surface area contributed by atoms with E-state index in [-0.39, 0.29) is 11.9 Å². The Kier molecular flexibility index (Phi) is 10.4. The van der Waals surface area contributed by atoms with Crippen molar-refractivity contribution in [3.05, 3.63) is 24.0 Å². The van der Waals surface area contributed by atoms with Gasteiger partial charge in [-0.1, -0.05) is 78.1 Å². The average Bonchev–Trinajstić information content (AvgIpc) is 2.80. The van der Waals surface area contributed by atoms with Crippen molar-refractivity contribution in [3.63, 3.8) is 0 Å². The van der Waals surface area contributed by atoms with Crippen LogP contribution in [0.15, 0.2) is 18.3 Å². The summed E-state index contributed by atoms with van der Waals surface area (Å²) in [7, 11) is 0. The Bertz CT molecular complexity index is 625. The number of aromatic nitrogens is 1. The van der Waals surface area contributed by atoms with Gasteiger partial charge in [0, 0.05) is 5.69 Å².